The number of amides is 1. The fourth-order valence-electron chi connectivity index (χ4n) is 2.23. The van der Waals surface area contributed by atoms with Gasteiger partial charge in [0.05, 0.1) is 17.2 Å². The molecule has 0 saturated heterocycles. The Labute approximate surface area is 163 Å². The number of halogens is 4. The third-order valence-electron chi connectivity index (χ3n) is 3.47. The summed E-state index contributed by atoms with van der Waals surface area (Å²) in [7, 11) is 0. The second-order valence-electron chi connectivity index (χ2n) is 5.48. The molecular weight excluding hydrogens is 397 g/mol. The van der Waals surface area contributed by atoms with E-state index in [0.717, 1.165) is 18.2 Å². The van der Waals surface area contributed by atoms with E-state index in [1.54, 1.807) is 13.0 Å². The number of phenols is 1. The minimum Gasteiger partial charge on any atom is -0.503 e. The molecule has 9 heteroatoms. The van der Waals surface area contributed by atoms with Crippen molar-refractivity contribution in [3.05, 3.63) is 58.1 Å². The molecule has 0 radical (unpaired) electrons. The van der Waals surface area contributed by atoms with Gasteiger partial charge in [0.2, 0.25) is 0 Å². The summed E-state index contributed by atoms with van der Waals surface area (Å²) in [5, 5.41) is 21.3. The Morgan fingerprint density at radius 1 is 1.36 bits per heavy atom. The highest BCUT2D eigenvalue weighted by Crippen LogP contribution is 2.36. The summed E-state index contributed by atoms with van der Waals surface area (Å²) in [4.78, 5) is 12.3. The Balaban J connectivity index is 2.31. The zero-order valence-corrected chi connectivity index (χ0v) is 15.2. The number of carbonyl (C=O) groups excluding carboxylic acids is 1. The second kappa shape index (κ2) is 8.67. The van der Waals surface area contributed by atoms with E-state index in [-0.39, 0.29) is 34.4 Å². The summed E-state index contributed by atoms with van der Waals surface area (Å²) in [6, 6.07) is 8.41. The molecule has 1 amide bonds. The van der Waals surface area contributed by atoms with Gasteiger partial charge in [-0.15, -0.1) is 0 Å². The number of carbonyl (C=O) groups is 1. The van der Waals surface area contributed by atoms with Crippen molar-refractivity contribution in [1.82, 2.24) is 0 Å². The fourth-order valence-corrected chi connectivity index (χ4v) is 2.45. The fraction of sp³-hybridized carbons (Fsp3) is 0.158. The van der Waals surface area contributed by atoms with Crippen molar-refractivity contribution in [2.24, 2.45) is 0 Å². The van der Waals surface area contributed by atoms with Crippen LogP contribution in [-0.4, -0.2) is 17.6 Å². The SMILES string of the molecule is CCOc1cc(/C=C(\C#N)C(=O)Nc2cccc(C(F)(F)F)c2)cc(Cl)c1O. The average Bonchev–Trinajstić information content (AvgIpc) is 2.63. The molecule has 0 aliphatic heterocycles. The Hall–Kier alpha value is -3.18. The minimum atomic E-state index is -4.56. The number of hydrogen-bond donors (Lipinski definition) is 2. The number of nitrogens with one attached hydrogen (secondary N) is 1. The van der Waals surface area contributed by atoms with Crippen molar-refractivity contribution in [2.75, 3.05) is 11.9 Å². The molecule has 28 heavy (non-hydrogen) atoms. The Kier molecular flexibility index (Phi) is 6.54. The van der Waals surface area contributed by atoms with Crippen LogP contribution in [0.2, 0.25) is 5.02 Å². The highest BCUT2D eigenvalue weighted by atomic mass is 35.5. The normalized spacial score (nSPS) is 11.6. The molecule has 0 heterocycles. The molecule has 0 fully saturated rings. The molecule has 2 rings (SSSR count). The quantitative estimate of drug-likeness (QED) is 0.536. The number of hydrogen-bond acceptors (Lipinski definition) is 4. The Bertz CT molecular complexity index is 966. The van der Waals surface area contributed by atoms with Gasteiger partial charge in [-0.25, -0.2) is 0 Å². The van der Waals surface area contributed by atoms with E-state index in [9.17, 15) is 28.3 Å². The first kappa shape index (κ1) is 21.1. The van der Waals surface area contributed by atoms with Crippen molar-refractivity contribution in [3.63, 3.8) is 0 Å². The van der Waals surface area contributed by atoms with Gasteiger partial charge in [0.1, 0.15) is 11.6 Å². The molecular formula is C19H14ClF3N2O3. The number of nitriles is 1. The van der Waals surface area contributed by atoms with Gasteiger partial charge in [-0.2, -0.15) is 18.4 Å². The number of nitrogens with zero attached hydrogens (tertiary/aromatic N) is 1. The first-order chi connectivity index (χ1) is 13.2. The summed E-state index contributed by atoms with van der Waals surface area (Å²) in [5.41, 5.74) is -1.12. The number of alkyl halides is 3. The van der Waals surface area contributed by atoms with Crippen LogP contribution < -0.4 is 10.1 Å². The van der Waals surface area contributed by atoms with Crippen LogP contribution in [0.1, 0.15) is 18.1 Å². The number of rotatable bonds is 5. The topological polar surface area (TPSA) is 82.3 Å². The van der Waals surface area contributed by atoms with Gasteiger partial charge in [0.15, 0.2) is 11.5 Å². The van der Waals surface area contributed by atoms with Gasteiger partial charge in [0, 0.05) is 5.69 Å². The summed E-state index contributed by atoms with van der Waals surface area (Å²) >= 11 is 5.90. The van der Waals surface area contributed by atoms with Gasteiger partial charge < -0.3 is 15.2 Å². The molecule has 5 nitrogen and oxygen atoms in total. The van der Waals surface area contributed by atoms with E-state index < -0.39 is 17.6 Å². The number of aromatic hydroxyl groups is 1. The van der Waals surface area contributed by atoms with Crippen molar-refractivity contribution in [2.45, 2.75) is 13.1 Å². The van der Waals surface area contributed by atoms with Crippen LogP contribution in [-0.2, 0) is 11.0 Å². The van der Waals surface area contributed by atoms with Crippen molar-refractivity contribution >= 4 is 29.3 Å². The molecule has 0 aliphatic carbocycles. The first-order valence-electron chi connectivity index (χ1n) is 7.91. The van der Waals surface area contributed by atoms with Gasteiger partial charge in [-0.05, 0) is 48.9 Å². The molecule has 0 bridgehead atoms. The molecule has 0 spiro atoms. The van der Waals surface area contributed by atoms with Crippen LogP contribution in [0.25, 0.3) is 6.08 Å². The highest BCUT2D eigenvalue weighted by Gasteiger charge is 2.30. The van der Waals surface area contributed by atoms with Crippen LogP contribution in [0.3, 0.4) is 0 Å². The van der Waals surface area contributed by atoms with Gasteiger partial charge in [0.25, 0.3) is 5.91 Å². The molecule has 0 aliphatic rings. The van der Waals surface area contributed by atoms with E-state index in [4.69, 9.17) is 16.3 Å². The zero-order chi connectivity index (χ0) is 20.9. The molecule has 0 unspecified atom stereocenters. The van der Waals surface area contributed by atoms with E-state index in [2.05, 4.69) is 5.32 Å². The largest absolute Gasteiger partial charge is 0.503 e. The van der Waals surface area contributed by atoms with Gasteiger partial charge in [-0.1, -0.05) is 17.7 Å². The maximum Gasteiger partial charge on any atom is 0.416 e. The van der Waals surface area contributed by atoms with Crippen LogP contribution in [0, 0.1) is 11.3 Å². The lowest BCUT2D eigenvalue weighted by molar-refractivity contribution is -0.137. The molecule has 0 atom stereocenters. The molecule has 2 N–H and O–H groups in total. The lowest BCUT2D eigenvalue weighted by atomic mass is 10.1. The minimum absolute atomic E-state index is 0.0484. The second-order valence-corrected chi connectivity index (χ2v) is 5.89. The van der Waals surface area contributed by atoms with E-state index in [1.165, 1.54) is 24.3 Å². The van der Waals surface area contributed by atoms with Crippen molar-refractivity contribution in [3.8, 4) is 17.6 Å². The average molecular weight is 411 g/mol. The summed E-state index contributed by atoms with van der Waals surface area (Å²) in [6.45, 7) is 1.94. The predicted molar refractivity (Wildman–Crippen MR) is 97.9 cm³/mol. The molecule has 2 aromatic carbocycles. The Morgan fingerprint density at radius 2 is 2.07 bits per heavy atom. The maximum atomic E-state index is 12.8. The third-order valence-corrected chi connectivity index (χ3v) is 3.76. The predicted octanol–water partition coefficient (Wildman–Crippen LogP) is 5.01. The summed E-state index contributed by atoms with van der Waals surface area (Å²) in [6.07, 6.45) is -3.39. The number of anilines is 1. The van der Waals surface area contributed by atoms with E-state index in [1.807, 2.05) is 0 Å². The molecule has 0 aromatic heterocycles. The molecule has 146 valence electrons. The molecule has 0 saturated carbocycles. The highest BCUT2D eigenvalue weighted by molar-refractivity contribution is 6.32. The first-order valence-corrected chi connectivity index (χ1v) is 8.29. The summed E-state index contributed by atoms with van der Waals surface area (Å²) in [5.74, 6) is -1.12. The van der Waals surface area contributed by atoms with E-state index >= 15 is 0 Å². The lowest BCUT2D eigenvalue weighted by Gasteiger charge is -2.10. The van der Waals surface area contributed by atoms with Gasteiger partial charge in [-0.3, -0.25) is 4.79 Å². The standard InChI is InChI=1S/C19H14ClF3N2O3/c1-2-28-16-8-11(7-15(20)17(16)26)6-12(10-24)18(27)25-14-5-3-4-13(9-14)19(21,22)23/h3-9,26H,2H2,1H3,(H,25,27)/b12-6+. The number of phenolic OH excluding ortho intramolecular Hbond substituents is 1. The lowest BCUT2D eigenvalue weighted by Crippen LogP contribution is -2.14. The van der Waals surface area contributed by atoms with Crippen LogP contribution in [0.15, 0.2) is 42.0 Å². The van der Waals surface area contributed by atoms with Crippen LogP contribution in [0.5, 0.6) is 11.5 Å². The van der Waals surface area contributed by atoms with Crippen molar-refractivity contribution < 1.29 is 27.8 Å². The maximum absolute atomic E-state index is 12.8. The van der Waals surface area contributed by atoms with Crippen molar-refractivity contribution in [1.29, 1.82) is 5.26 Å². The third kappa shape index (κ3) is 5.18. The zero-order valence-electron chi connectivity index (χ0n) is 14.5. The van der Waals surface area contributed by atoms with Crippen LogP contribution >= 0.6 is 11.6 Å². The number of benzene rings is 2. The smallest absolute Gasteiger partial charge is 0.416 e. The number of ether oxygens (including phenoxy) is 1. The summed E-state index contributed by atoms with van der Waals surface area (Å²) < 4.78 is 43.5. The van der Waals surface area contributed by atoms with Crippen LogP contribution in [0.4, 0.5) is 18.9 Å². The van der Waals surface area contributed by atoms with Gasteiger partial charge >= 0.3 is 6.18 Å². The molecule has 2 aromatic rings. The van der Waals surface area contributed by atoms with E-state index in [0.29, 0.717) is 5.56 Å². The monoisotopic (exact) mass is 410 g/mol. The Morgan fingerprint density at radius 3 is 2.68 bits per heavy atom.